The van der Waals surface area contributed by atoms with Crippen LogP contribution in [0, 0.1) is 0 Å². The molecular weight excluding hydrogens is 190 g/mol. The number of nitrogens with two attached hydrogens (primary N) is 1. The lowest BCUT2D eigenvalue weighted by molar-refractivity contribution is 0.191. The average molecular weight is 204 g/mol. The van der Waals surface area contributed by atoms with Crippen LogP contribution in [-0.4, -0.2) is 23.5 Å². The summed E-state index contributed by atoms with van der Waals surface area (Å²) in [7, 11) is 1.70. The quantitative estimate of drug-likeness (QED) is 0.739. The Balaban J connectivity index is 2.29. The SMILES string of the molecule is COCCCCn1cc(Cl)c(N)n1. The number of ether oxygens (including phenoxy) is 1. The van der Waals surface area contributed by atoms with E-state index in [9.17, 15) is 0 Å². The fourth-order valence-electron chi connectivity index (χ4n) is 1.05. The van der Waals surface area contributed by atoms with Gasteiger partial charge < -0.3 is 10.5 Å². The topological polar surface area (TPSA) is 53.1 Å². The summed E-state index contributed by atoms with van der Waals surface area (Å²) in [4.78, 5) is 0. The molecule has 0 saturated heterocycles. The third-order valence-electron chi connectivity index (χ3n) is 1.73. The Morgan fingerprint density at radius 1 is 1.62 bits per heavy atom. The van der Waals surface area contributed by atoms with Crippen molar-refractivity contribution in [3.63, 3.8) is 0 Å². The van der Waals surface area contributed by atoms with Crippen molar-refractivity contribution in [1.82, 2.24) is 9.78 Å². The zero-order valence-corrected chi connectivity index (χ0v) is 8.42. The Kier molecular flexibility index (Phi) is 4.05. The minimum atomic E-state index is 0.397. The highest BCUT2D eigenvalue weighted by atomic mass is 35.5. The fraction of sp³-hybridized carbons (Fsp3) is 0.625. The zero-order valence-electron chi connectivity index (χ0n) is 7.66. The Labute approximate surface area is 82.6 Å². The van der Waals surface area contributed by atoms with Gasteiger partial charge in [0.1, 0.15) is 5.02 Å². The maximum Gasteiger partial charge on any atom is 0.164 e. The van der Waals surface area contributed by atoms with E-state index in [4.69, 9.17) is 22.1 Å². The van der Waals surface area contributed by atoms with Gasteiger partial charge in [-0.3, -0.25) is 4.68 Å². The second-order valence-corrected chi connectivity index (χ2v) is 3.23. The Bertz CT molecular complexity index is 242. The van der Waals surface area contributed by atoms with Crippen molar-refractivity contribution in [3.05, 3.63) is 11.2 Å². The molecule has 0 bridgehead atoms. The van der Waals surface area contributed by atoms with E-state index in [-0.39, 0.29) is 0 Å². The molecule has 0 aliphatic rings. The molecule has 13 heavy (non-hydrogen) atoms. The standard InChI is InChI=1S/C8H14ClN3O/c1-13-5-3-2-4-12-6-7(9)8(10)11-12/h6H,2-5H2,1H3,(H2,10,11). The van der Waals surface area contributed by atoms with Gasteiger partial charge in [0, 0.05) is 26.5 Å². The van der Waals surface area contributed by atoms with Crippen LogP contribution in [0.5, 0.6) is 0 Å². The summed E-state index contributed by atoms with van der Waals surface area (Å²) in [5, 5.41) is 4.55. The molecule has 74 valence electrons. The first-order chi connectivity index (χ1) is 6.24. The van der Waals surface area contributed by atoms with E-state index in [1.54, 1.807) is 18.0 Å². The largest absolute Gasteiger partial charge is 0.385 e. The van der Waals surface area contributed by atoms with Crippen molar-refractivity contribution >= 4 is 17.4 Å². The van der Waals surface area contributed by atoms with Crippen molar-refractivity contribution < 1.29 is 4.74 Å². The highest BCUT2D eigenvalue weighted by Crippen LogP contribution is 2.15. The molecule has 1 aromatic heterocycles. The summed E-state index contributed by atoms with van der Waals surface area (Å²) in [6.07, 6.45) is 3.78. The number of rotatable bonds is 5. The summed E-state index contributed by atoms with van der Waals surface area (Å²) in [5.41, 5.74) is 5.48. The molecule has 1 rings (SSSR count). The van der Waals surface area contributed by atoms with Crippen molar-refractivity contribution in [2.75, 3.05) is 19.5 Å². The van der Waals surface area contributed by atoms with E-state index in [0.717, 1.165) is 26.0 Å². The zero-order chi connectivity index (χ0) is 9.68. The lowest BCUT2D eigenvalue weighted by Crippen LogP contribution is -2.01. The minimum Gasteiger partial charge on any atom is -0.385 e. The number of aryl methyl sites for hydroxylation is 1. The second kappa shape index (κ2) is 5.09. The van der Waals surface area contributed by atoms with Crippen LogP contribution in [0.1, 0.15) is 12.8 Å². The molecule has 0 unspecified atom stereocenters. The van der Waals surface area contributed by atoms with Crippen LogP contribution in [0.4, 0.5) is 5.82 Å². The summed E-state index contributed by atoms with van der Waals surface area (Å²) in [6, 6.07) is 0. The number of nitrogen functional groups attached to an aromatic ring is 1. The van der Waals surface area contributed by atoms with Crippen LogP contribution in [0.3, 0.4) is 0 Å². The van der Waals surface area contributed by atoms with Crippen LogP contribution in [0.15, 0.2) is 6.20 Å². The van der Waals surface area contributed by atoms with Crippen molar-refractivity contribution in [2.24, 2.45) is 0 Å². The van der Waals surface area contributed by atoms with Crippen molar-refractivity contribution in [2.45, 2.75) is 19.4 Å². The maximum absolute atomic E-state index is 5.74. The lowest BCUT2D eigenvalue weighted by Gasteiger charge is -2.00. The fourth-order valence-corrected chi connectivity index (χ4v) is 1.20. The predicted molar refractivity (Wildman–Crippen MR) is 52.8 cm³/mol. The Morgan fingerprint density at radius 2 is 2.38 bits per heavy atom. The van der Waals surface area contributed by atoms with E-state index >= 15 is 0 Å². The third-order valence-corrected chi connectivity index (χ3v) is 2.02. The highest BCUT2D eigenvalue weighted by molar-refractivity contribution is 6.32. The number of unbranched alkanes of at least 4 members (excludes halogenated alkanes) is 1. The van der Waals surface area contributed by atoms with E-state index in [1.807, 2.05) is 0 Å². The molecule has 0 atom stereocenters. The number of nitrogens with zero attached hydrogens (tertiary/aromatic N) is 2. The average Bonchev–Trinajstić information content (AvgIpc) is 2.41. The maximum atomic E-state index is 5.74. The number of anilines is 1. The molecule has 0 amide bonds. The number of methoxy groups -OCH3 is 1. The van der Waals surface area contributed by atoms with Gasteiger partial charge in [0.25, 0.3) is 0 Å². The first kappa shape index (κ1) is 10.3. The van der Waals surface area contributed by atoms with E-state index in [1.165, 1.54) is 0 Å². The molecule has 1 aromatic rings. The van der Waals surface area contributed by atoms with Crippen LogP contribution in [-0.2, 0) is 11.3 Å². The number of aromatic nitrogens is 2. The highest BCUT2D eigenvalue weighted by Gasteiger charge is 2.01. The van der Waals surface area contributed by atoms with Crippen molar-refractivity contribution in [3.8, 4) is 0 Å². The molecule has 0 radical (unpaired) electrons. The van der Waals surface area contributed by atoms with Crippen molar-refractivity contribution in [1.29, 1.82) is 0 Å². The summed E-state index contributed by atoms with van der Waals surface area (Å²) >= 11 is 5.74. The van der Waals surface area contributed by atoms with E-state index in [2.05, 4.69) is 5.10 Å². The molecule has 0 fully saturated rings. The van der Waals surface area contributed by atoms with Crippen LogP contribution in [0.2, 0.25) is 5.02 Å². The Hall–Kier alpha value is -0.740. The first-order valence-electron chi connectivity index (χ1n) is 4.21. The molecule has 1 heterocycles. The van der Waals surface area contributed by atoms with Gasteiger partial charge in [-0.15, -0.1) is 0 Å². The van der Waals surface area contributed by atoms with E-state index in [0.29, 0.717) is 10.8 Å². The molecule has 0 aliphatic heterocycles. The molecule has 0 aromatic carbocycles. The summed E-state index contributed by atoms with van der Waals surface area (Å²) in [6.45, 7) is 1.62. The third kappa shape index (κ3) is 3.24. The van der Waals surface area contributed by atoms with Gasteiger partial charge in [-0.1, -0.05) is 11.6 Å². The monoisotopic (exact) mass is 203 g/mol. The van der Waals surface area contributed by atoms with Gasteiger partial charge in [0.15, 0.2) is 5.82 Å². The van der Waals surface area contributed by atoms with Crippen LogP contribution in [0.25, 0.3) is 0 Å². The van der Waals surface area contributed by atoms with E-state index < -0.39 is 0 Å². The van der Waals surface area contributed by atoms with Crippen LogP contribution >= 0.6 is 11.6 Å². The molecule has 0 spiro atoms. The molecule has 0 saturated carbocycles. The number of hydrogen-bond donors (Lipinski definition) is 1. The molecule has 4 nitrogen and oxygen atoms in total. The number of hydrogen-bond acceptors (Lipinski definition) is 3. The Morgan fingerprint density at radius 3 is 2.92 bits per heavy atom. The van der Waals surface area contributed by atoms with Crippen LogP contribution < -0.4 is 5.73 Å². The van der Waals surface area contributed by atoms with Gasteiger partial charge in [-0.2, -0.15) is 5.10 Å². The normalized spacial score (nSPS) is 10.6. The van der Waals surface area contributed by atoms with Gasteiger partial charge in [0.05, 0.1) is 0 Å². The second-order valence-electron chi connectivity index (χ2n) is 2.83. The van der Waals surface area contributed by atoms with Gasteiger partial charge in [-0.05, 0) is 12.8 Å². The number of halogens is 1. The molecule has 0 aliphatic carbocycles. The minimum absolute atomic E-state index is 0.397. The summed E-state index contributed by atoms with van der Waals surface area (Å²) in [5.74, 6) is 0.397. The lowest BCUT2D eigenvalue weighted by atomic mass is 10.3. The molecular formula is C8H14ClN3O. The van der Waals surface area contributed by atoms with Gasteiger partial charge >= 0.3 is 0 Å². The summed E-state index contributed by atoms with van der Waals surface area (Å²) < 4.78 is 6.69. The first-order valence-corrected chi connectivity index (χ1v) is 4.59. The smallest absolute Gasteiger partial charge is 0.164 e. The molecule has 5 heteroatoms. The van der Waals surface area contributed by atoms with Gasteiger partial charge in [-0.25, -0.2) is 0 Å². The predicted octanol–water partition coefficient (Wildman–Crippen LogP) is 1.55. The molecule has 2 N–H and O–H groups in total. The van der Waals surface area contributed by atoms with Gasteiger partial charge in [0.2, 0.25) is 0 Å².